The zero-order valence-electron chi connectivity index (χ0n) is 10.8. The number of halogens is 1. The molecule has 0 radical (unpaired) electrons. The Kier molecular flexibility index (Phi) is 3.64. The van der Waals surface area contributed by atoms with Crippen molar-refractivity contribution in [3.05, 3.63) is 12.3 Å². The minimum absolute atomic E-state index is 0.218. The maximum Gasteiger partial charge on any atom is 0.296 e. The lowest BCUT2D eigenvalue weighted by Gasteiger charge is -2.09. The molecular formula is C10H14ClN5O2S. The molecule has 7 nitrogen and oxygen atoms in total. The molecule has 9 heteroatoms. The van der Waals surface area contributed by atoms with E-state index in [0.717, 1.165) is 0 Å². The molecule has 0 bridgehead atoms. The van der Waals surface area contributed by atoms with Gasteiger partial charge in [0.05, 0.1) is 0 Å². The van der Waals surface area contributed by atoms with Gasteiger partial charge in [-0.05, 0) is 12.0 Å². The summed E-state index contributed by atoms with van der Waals surface area (Å²) in [5.41, 5.74) is 0.558. The molecule has 0 fully saturated rings. The molecule has 0 aromatic carbocycles. The quantitative estimate of drug-likeness (QED) is 0.794. The van der Waals surface area contributed by atoms with E-state index in [9.17, 15) is 8.42 Å². The van der Waals surface area contributed by atoms with Gasteiger partial charge in [-0.1, -0.05) is 13.8 Å². The highest BCUT2D eigenvalue weighted by molar-refractivity contribution is 8.13. The summed E-state index contributed by atoms with van der Waals surface area (Å²) in [5.74, 6) is 0.615. The topological polar surface area (TPSA) is 82.7 Å². The highest BCUT2D eigenvalue weighted by Crippen LogP contribution is 2.22. The molecule has 0 spiro atoms. The SMILES string of the molecule is CC(C)Cn1c(-c2ccn(C)n2)nnc1S(=O)(=O)Cl. The molecule has 0 aliphatic heterocycles. The van der Waals surface area contributed by atoms with Gasteiger partial charge >= 0.3 is 0 Å². The van der Waals surface area contributed by atoms with Gasteiger partial charge in [-0.2, -0.15) is 5.10 Å². The Labute approximate surface area is 115 Å². The van der Waals surface area contributed by atoms with Crippen LogP contribution >= 0.6 is 10.7 Å². The van der Waals surface area contributed by atoms with Crippen LogP contribution in [0.15, 0.2) is 17.4 Å². The van der Waals surface area contributed by atoms with Crippen LogP contribution in [0.25, 0.3) is 11.5 Å². The minimum atomic E-state index is -3.93. The van der Waals surface area contributed by atoms with Crippen LogP contribution in [0, 0.1) is 5.92 Å². The average Bonchev–Trinajstić information content (AvgIpc) is 2.82. The second-order valence-corrected chi connectivity index (χ2v) is 7.08. The summed E-state index contributed by atoms with van der Waals surface area (Å²) < 4.78 is 26.1. The van der Waals surface area contributed by atoms with Crippen LogP contribution in [-0.4, -0.2) is 33.0 Å². The molecule has 0 saturated heterocycles. The van der Waals surface area contributed by atoms with E-state index in [0.29, 0.717) is 18.1 Å². The van der Waals surface area contributed by atoms with E-state index in [2.05, 4.69) is 15.3 Å². The van der Waals surface area contributed by atoms with Gasteiger partial charge in [0.1, 0.15) is 5.69 Å². The highest BCUT2D eigenvalue weighted by Gasteiger charge is 2.24. The van der Waals surface area contributed by atoms with Crippen molar-refractivity contribution in [2.45, 2.75) is 25.5 Å². The predicted molar refractivity (Wildman–Crippen MR) is 70.1 cm³/mol. The molecule has 0 amide bonds. The first kappa shape index (κ1) is 14.0. The van der Waals surface area contributed by atoms with Gasteiger partial charge in [-0.3, -0.25) is 9.25 Å². The molecule has 0 N–H and O–H groups in total. The van der Waals surface area contributed by atoms with Crippen LogP contribution in [0.4, 0.5) is 0 Å². The fourth-order valence-electron chi connectivity index (χ4n) is 1.72. The molecule has 0 atom stereocenters. The number of rotatable bonds is 4. The van der Waals surface area contributed by atoms with Crippen LogP contribution < -0.4 is 0 Å². The molecule has 104 valence electrons. The Morgan fingerprint density at radius 2 is 2.05 bits per heavy atom. The van der Waals surface area contributed by atoms with Gasteiger partial charge in [0.15, 0.2) is 5.82 Å². The number of hydrogen-bond donors (Lipinski definition) is 0. The fraction of sp³-hybridized carbons (Fsp3) is 0.500. The molecule has 0 aliphatic rings. The Balaban J connectivity index is 2.59. The number of aromatic nitrogens is 5. The van der Waals surface area contributed by atoms with E-state index in [1.807, 2.05) is 13.8 Å². The monoisotopic (exact) mass is 303 g/mol. The van der Waals surface area contributed by atoms with E-state index in [-0.39, 0.29) is 11.1 Å². The Hall–Kier alpha value is -1.41. The van der Waals surface area contributed by atoms with Gasteiger partial charge < -0.3 is 0 Å². The van der Waals surface area contributed by atoms with E-state index < -0.39 is 9.05 Å². The zero-order chi connectivity index (χ0) is 14.2. The van der Waals surface area contributed by atoms with Gasteiger partial charge in [0.2, 0.25) is 0 Å². The predicted octanol–water partition coefficient (Wildman–Crippen LogP) is 1.26. The first-order chi connectivity index (χ1) is 8.79. The number of aryl methyl sites for hydroxylation is 1. The molecule has 2 heterocycles. The summed E-state index contributed by atoms with van der Waals surface area (Å²) in [6.45, 7) is 4.37. The lowest BCUT2D eigenvalue weighted by Crippen LogP contribution is -2.12. The van der Waals surface area contributed by atoms with E-state index in [1.165, 1.54) is 4.57 Å². The summed E-state index contributed by atoms with van der Waals surface area (Å²) in [7, 11) is 3.21. The van der Waals surface area contributed by atoms with Crippen LogP contribution in [0.2, 0.25) is 0 Å². The van der Waals surface area contributed by atoms with Crippen molar-refractivity contribution in [3.63, 3.8) is 0 Å². The highest BCUT2D eigenvalue weighted by atomic mass is 35.7. The third kappa shape index (κ3) is 2.95. The van der Waals surface area contributed by atoms with Crippen LogP contribution in [0.1, 0.15) is 13.8 Å². The standard InChI is InChI=1S/C10H14ClN5O2S/c1-7(2)6-16-9(8-4-5-15(3)14-8)12-13-10(16)19(11,17)18/h4-5,7H,6H2,1-3H3. The second kappa shape index (κ2) is 4.93. The third-order valence-corrected chi connectivity index (χ3v) is 3.58. The fourth-order valence-corrected chi connectivity index (χ4v) is 2.63. The van der Waals surface area contributed by atoms with E-state index >= 15 is 0 Å². The summed E-state index contributed by atoms with van der Waals surface area (Å²) in [5, 5.41) is 11.5. The summed E-state index contributed by atoms with van der Waals surface area (Å²) >= 11 is 0. The smallest absolute Gasteiger partial charge is 0.295 e. The Morgan fingerprint density at radius 3 is 2.53 bits per heavy atom. The van der Waals surface area contributed by atoms with E-state index in [1.54, 1.807) is 24.0 Å². The Bertz CT molecular complexity index is 689. The maximum atomic E-state index is 11.5. The molecular weight excluding hydrogens is 290 g/mol. The molecule has 0 aliphatic carbocycles. The van der Waals surface area contributed by atoms with Crippen LogP contribution in [0.3, 0.4) is 0 Å². The van der Waals surface area contributed by atoms with Crippen molar-refractivity contribution in [3.8, 4) is 11.5 Å². The summed E-state index contributed by atoms with van der Waals surface area (Å²) in [6, 6.07) is 1.74. The second-order valence-electron chi connectivity index (χ2n) is 4.62. The minimum Gasteiger partial charge on any atom is -0.295 e. The molecule has 19 heavy (non-hydrogen) atoms. The average molecular weight is 304 g/mol. The van der Waals surface area contributed by atoms with Gasteiger partial charge in [0.25, 0.3) is 14.2 Å². The van der Waals surface area contributed by atoms with Crippen molar-refractivity contribution in [1.82, 2.24) is 24.5 Å². The van der Waals surface area contributed by atoms with Crippen molar-refractivity contribution in [1.29, 1.82) is 0 Å². The lowest BCUT2D eigenvalue weighted by atomic mass is 10.2. The third-order valence-electron chi connectivity index (χ3n) is 2.43. The largest absolute Gasteiger partial charge is 0.296 e. The molecule has 2 aromatic heterocycles. The summed E-state index contributed by atoms with van der Waals surface area (Å²) in [6.07, 6.45) is 1.75. The number of nitrogens with zero attached hydrogens (tertiary/aromatic N) is 5. The number of hydrogen-bond acceptors (Lipinski definition) is 5. The van der Waals surface area contributed by atoms with Gasteiger partial charge in [-0.25, -0.2) is 8.42 Å². The van der Waals surface area contributed by atoms with Crippen LogP contribution in [0.5, 0.6) is 0 Å². The van der Waals surface area contributed by atoms with Crippen molar-refractivity contribution >= 4 is 19.7 Å². The molecule has 0 unspecified atom stereocenters. The van der Waals surface area contributed by atoms with Crippen molar-refractivity contribution in [2.75, 3.05) is 0 Å². The van der Waals surface area contributed by atoms with Gasteiger partial charge in [0, 0.05) is 30.5 Å². The van der Waals surface area contributed by atoms with Crippen molar-refractivity contribution in [2.24, 2.45) is 13.0 Å². The Morgan fingerprint density at radius 1 is 1.37 bits per heavy atom. The first-order valence-corrected chi connectivity index (χ1v) is 7.98. The van der Waals surface area contributed by atoms with E-state index in [4.69, 9.17) is 10.7 Å². The zero-order valence-corrected chi connectivity index (χ0v) is 12.4. The maximum absolute atomic E-state index is 11.5. The van der Waals surface area contributed by atoms with Crippen molar-refractivity contribution < 1.29 is 8.42 Å². The molecule has 2 aromatic rings. The molecule has 0 saturated carbocycles. The normalized spacial score (nSPS) is 12.3. The van der Waals surface area contributed by atoms with Crippen LogP contribution in [-0.2, 0) is 22.6 Å². The van der Waals surface area contributed by atoms with Gasteiger partial charge in [-0.15, -0.1) is 10.2 Å². The summed E-state index contributed by atoms with van der Waals surface area (Å²) in [4.78, 5) is 0. The lowest BCUT2D eigenvalue weighted by molar-refractivity contribution is 0.488. The molecule has 2 rings (SSSR count). The first-order valence-electron chi connectivity index (χ1n) is 5.67.